The van der Waals surface area contributed by atoms with E-state index < -0.39 is 18.6 Å². The zero-order chi connectivity index (χ0) is 14.5. The van der Waals surface area contributed by atoms with Gasteiger partial charge in [-0.2, -0.15) is 13.2 Å². The molecule has 0 saturated heterocycles. The van der Waals surface area contributed by atoms with E-state index >= 15 is 0 Å². The van der Waals surface area contributed by atoms with Gasteiger partial charge in [0, 0.05) is 13.1 Å². The Morgan fingerprint density at radius 1 is 1.26 bits per heavy atom. The van der Waals surface area contributed by atoms with Crippen molar-refractivity contribution in [3.05, 3.63) is 35.4 Å². The SMILES string of the molecule is CN(CCC(F)(F)F)Cc1ccccc1CC(=O)O. The molecule has 0 heterocycles. The number of carboxylic acids is 1. The van der Waals surface area contributed by atoms with Gasteiger partial charge in [0.15, 0.2) is 0 Å². The maximum atomic E-state index is 12.1. The minimum atomic E-state index is -4.17. The molecule has 0 atom stereocenters. The van der Waals surface area contributed by atoms with Crippen LogP contribution in [0.5, 0.6) is 0 Å². The molecular weight excluding hydrogens is 259 g/mol. The summed E-state index contributed by atoms with van der Waals surface area (Å²) in [5, 5.41) is 8.77. The summed E-state index contributed by atoms with van der Waals surface area (Å²) in [5.74, 6) is -0.953. The maximum Gasteiger partial charge on any atom is 0.390 e. The molecule has 0 amide bonds. The summed E-state index contributed by atoms with van der Waals surface area (Å²) < 4.78 is 36.3. The van der Waals surface area contributed by atoms with Gasteiger partial charge in [0.2, 0.25) is 0 Å². The van der Waals surface area contributed by atoms with Crippen molar-refractivity contribution >= 4 is 5.97 Å². The fourth-order valence-corrected chi connectivity index (χ4v) is 1.73. The molecule has 0 bridgehead atoms. The zero-order valence-corrected chi connectivity index (χ0v) is 10.6. The van der Waals surface area contributed by atoms with Gasteiger partial charge in [0.1, 0.15) is 0 Å². The van der Waals surface area contributed by atoms with Gasteiger partial charge < -0.3 is 10.0 Å². The summed E-state index contributed by atoms with van der Waals surface area (Å²) in [6.45, 7) is 0.199. The zero-order valence-electron chi connectivity index (χ0n) is 10.6. The first-order valence-corrected chi connectivity index (χ1v) is 5.82. The van der Waals surface area contributed by atoms with E-state index in [0.717, 1.165) is 5.56 Å². The van der Waals surface area contributed by atoms with Gasteiger partial charge >= 0.3 is 12.1 Å². The molecule has 0 aliphatic carbocycles. The minimum absolute atomic E-state index is 0.106. The first-order chi connectivity index (χ1) is 8.78. The number of carboxylic acid groups (broad SMARTS) is 1. The average Bonchev–Trinajstić information content (AvgIpc) is 2.27. The maximum absolute atomic E-state index is 12.1. The third-order valence-electron chi connectivity index (χ3n) is 2.68. The Bertz CT molecular complexity index is 432. The van der Waals surface area contributed by atoms with Crippen LogP contribution in [0, 0.1) is 0 Å². The van der Waals surface area contributed by atoms with Crippen LogP contribution in [0.15, 0.2) is 24.3 Å². The van der Waals surface area contributed by atoms with E-state index in [0.29, 0.717) is 12.1 Å². The van der Waals surface area contributed by atoms with Crippen LogP contribution in [0.2, 0.25) is 0 Å². The van der Waals surface area contributed by atoms with Crippen molar-refractivity contribution in [2.45, 2.75) is 25.6 Å². The van der Waals surface area contributed by atoms with Crippen molar-refractivity contribution in [3.8, 4) is 0 Å². The number of aliphatic carboxylic acids is 1. The quantitative estimate of drug-likeness (QED) is 0.867. The molecule has 1 aromatic carbocycles. The largest absolute Gasteiger partial charge is 0.481 e. The van der Waals surface area contributed by atoms with Crippen LogP contribution < -0.4 is 0 Å². The van der Waals surface area contributed by atoms with Crippen LogP contribution in [-0.2, 0) is 17.8 Å². The fourth-order valence-electron chi connectivity index (χ4n) is 1.73. The van der Waals surface area contributed by atoms with Gasteiger partial charge in [-0.3, -0.25) is 4.79 Å². The van der Waals surface area contributed by atoms with Crippen LogP contribution in [0.4, 0.5) is 13.2 Å². The molecule has 0 unspecified atom stereocenters. The van der Waals surface area contributed by atoms with Gasteiger partial charge in [-0.25, -0.2) is 0 Å². The van der Waals surface area contributed by atoms with Gasteiger partial charge in [0.05, 0.1) is 12.8 Å². The van der Waals surface area contributed by atoms with Crippen LogP contribution in [-0.4, -0.2) is 35.7 Å². The Hall–Kier alpha value is -1.56. The molecule has 6 heteroatoms. The van der Waals surface area contributed by atoms with Crippen molar-refractivity contribution in [2.24, 2.45) is 0 Å². The number of benzene rings is 1. The van der Waals surface area contributed by atoms with Crippen LogP contribution in [0.1, 0.15) is 17.5 Å². The molecular formula is C13H16F3NO2. The molecule has 0 aromatic heterocycles. The second kappa shape index (κ2) is 6.56. The molecule has 1 aromatic rings. The highest BCUT2D eigenvalue weighted by Crippen LogP contribution is 2.20. The van der Waals surface area contributed by atoms with E-state index in [1.165, 1.54) is 4.90 Å². The fraction of sp³-hybridized carbons (Fsp3) is 0.462. The van der Waals surface area contributed by atoms with Crippen molar-refractivity contribution in [1.82, 2.24) is 4.90 Å². The predicted molar refractivity (Wildman–Crippen MR) is 64.8 cm³/mol. The molecule has 0 radical (unpaired) electrons. The third kappa shape index (κ3) is 6.24. The summed E-state index contributed by atoms with van der Waals surface area (Å²) >= 11 is 0. The second-order valence-electron chi connectivity index (χ2n) is 4.44. The second-order valence-corrected chi connectivity index (χ2v) is 4.44. The van der Waals surface area contributed by atoms with Gasteiger partial charge in [-0.05, 0) is 18.2 Å². The Kier molecular flexibility index (Phi) is 5.35. The Labute approximate surface area is 109 Å². The van der Waals surface area contributed by atoms with Crippen molar-refractivity contribution in [1.29, 1.82) is 0 Å². The van der Waals surface area contributed by atoms with Crippen molar-refractivity contribution in [3.63, 3.8) is 0 Å². The van der Waals surface area contributed by atoms with Gasteiger partial charge in [-0.1, -0.05) is 24.3 Å². The predicted octanol–water partition coefficient (Wildman–Crippen LogP) is 2.70. The first kappa shape index (κ1) is 15.5. The van der Waals surface area contributed by atoms with Gasteiger partial charge in [0.25, 0.3) is 0 Å². The third-order valence-corrected chi connectivity index (χ3v) is 2.68. The number of rotatable bonds is 6. The van der Waals surface area contributed by atoms with E-state index in [1.807, 2.05) is 0 Å². The Balaban J connectivity index is 2.63. The lowest BCUT2D eigenvalue weighted by Crippen LogP contribution is -2.24. The molecule has 3 nitrogen and oxygen atoms in total. The lowest BCUT2D eigenvalue weighted by atomic mass is 10.0. The summed E-state index contributed by atoms with van der Waals surface area (Å²) in [6.07, 6.45) is -5.16. The summed E-state index contributed by atoms with van der Waals surface area (Å²) in [5.41, 5.74) is 1.38. The first-order valence-electron chi connectivity index (χ1n) is 5.82. The average molecular weight is 275 g/mol. The number of hydrogen-bond donors (Lipinski definition) is 1. The molecule has 1 rings (SSSR count). The number of nitrogens with zero attached hydrogens (tertiary/aromatic N) is 1. The number of halogens is 3. The summed E-state index contributed by atoms with van der Waals surface area (Å²) in [6, 6.07) is 6.89. The van der Waals surface area contributed by atoms with Crippen molar-refractivity contribution in [2.75, 3.05) is 13.6 Å². The molecule has 19 heavy (non-hydrogen) atoms. The minimum Gasteiger partial charge on any atom is -0.481 e. The Morgan fingerprint density at radius 3 is 2.37 bits per heavy atom. The standard InChI is InChI=1S/C13H16F3NO2/c1-17(7-6-13(14,15)16)9-11-5-3-2-4-10(11)8-12(18)19/h2-5H,6-9H2,1H3,(H,18,19). The Morgan fingerprint density at radius 2 is 1.84 bits per heavy atom. The van der Waals surface area contributed by atoms with E-state index in [1.54, 1.807) is 31.3 Å². The number of carbonyl (C=O) groups is 1. The normalized spacial score (nSPS) is 11.8. The highest BCUT2D eigenvalue weighted by molar-refractivity contribution is 5.70. The topological polar surface area (TPSA) is 40.5 Å². The van der Waals surface area contributed by atoms with Gasteiger partial charge in [-0.15, -0.1) is 0 Å². The number of alkyl halides is 3. The molecule has 0 fully saturated rings. The molecule has 0 saturated carbocycles. The van der Waals surface area contributed by atoms with E-state index in [9.17, 15) is 18.0 Å². The molecule has 1 N–H and O–H groups in total. The lowest BCUT2D eigenvalue weighted by molar-refractivity contribution is -0.137. The van der Waals surface area contributed by atoms with Crippen LogP contribution in [0.25, 0.3) is 0 Å². The lowest BCUT2D eigenvalue weighted by Gasteiger charge is -2.19. The number of hydrogen-bond acceptors (Lipinski definition) is 2. The van der Waals surface area contributed by atoms with E-state index in [-0.39, 0.29) is 13.0 Å². The molecule has 0 spiro atoms. The van der Waals surface area contributed by atoms with Crippen LogP contribution in [0.3, 0.4) is 0 Å². The smallest absolute Gasteiger partial charge is 0.390 e. The molecule has 0 aliphatic heterocycles. The molecule has 0 aliphatic rings. The van der Waals surface area contributed by atoms with Crippen molar-refractivity contribution < 1.29 is 23.1 Å². The van der Waals surface area contributed by atoms with Crippen LogP contribution >= 0.6 is 0 Å². The van der Waals surface area contributed by atoms with E-state index in [4.69, 9.17) is 5.11 Å². The molecule has 106 valence electrons. The summed E-state index contributed by atoms with van der Waals surface area (Å²) in [4.78, 5) is 12.2. The highest BCUT2D eigenvalue weighted by Gasteiger charge is 2.27. The summed E-state index contributed by atoms with van der Waals surface area (Å²) in [7, 11) is 1.59. The monoisotopic (exact) mass is 275 g/mol. The highest BCUT2D eigenvalue weighted by atomic mass is 19.4. The van der Waals surface area contributed by atoms with E-state index in [2.05, 4.69) is 0 Å².